The van der Waals surface area contributed by atoms with Crippen molar-refractivity contribution in [2.45, 2.75) is 12.1 Å². The van der Waals surface area contributed by atoms with E-state index in [1.165, 1.54) is 0 Å². The van der Waals surface area contributed by atoms with Crippen LogP contribution in [0.4, 0.5) is 0 Å². The minimum atomic E-state index is -0.112. The molecule has 0 radical (unpaired) electrons. The first kappa shape index (κ1) is 17.9. The number of thioether (sulfide) groups is 1. The van der Waals surface area contributed by atoms with E-state index in [-0.39, 0.29) is 5.12 Å². The number of aryl methyl sites for hydroxylation is 1. The molecule has 26 heavy (non-hydrogen) atoms. The van der Waals surface area contributed by atoms with Crippen LogP contribution < -0.4 is 9.47 Å². The first-order valence-corrected chi connectivity index (χ1v) is 8.77. The fraction of sp³-hybridized carbons (Fsp3) is 0.150. The second-order valence-electron chi connectivity index (χ2n) is 5.52. The SMILES string of the molecule is COc1ccc(C(=O)Sc2nc(C)cc(-c3ccc(OC)cc3)n2)cc1. The second kappa shape index (κ2) is 8.01. The van der Waals surface area contributed by atoms with E-state index in [1.54, 1.807) is 38.5 Å². The van der Waals surface area contributed by atoms with E-state index in [4.69, 9.17) is 9.47 Å². The van der Waals surface area contributed by atoms with Crippen molar-refractivity contribution in [2.24, 2.45) is 0 Å². The molecule has 0 spiro atoms. The normalized spacial score (nSPS) is 10.4. The predicted molar refractivity (Wildman–Crippen MR) is 102 cm³/mol. The summed E-state index contributed by atoms with van der Waals surface area (Å²) < 4.78 is 10.3. The molecule has 0 bridgehead atoms. The minimum Gasteiger partial charge on any atom is -0.497 e. The lowest BCUT2D eigenvalue weighted by molar-refractivity contribution is 0.108. The van der Waals surface area contributed by atoms with Gasteiger partial charge >= 0.3 is 0 Å². The molecule has 0 unspecified atom stereocenters. The van der Waals surface area contributed by atoms with Gasteiger partial charge in [-0.1, -0.05) is 0 Å². The standard InChI is InChI=1S/C20H18N2O3S/c1-13-12-18(14-4-8-16(24-2)9-5-14)22-20(21-13)26-19(23)15-6-10-17(25-3)11-7-15/h4-12H,1-3H3. The van der Waals surface area contributed by atoms with Crippen molar-refractivity contribution in [3.63, 3.8) is 0 Å². The molecule has 3 rings (SSSR count). The van der Waals surface area contributed by atoms with Gasteiger partial charge in [0.25, 0.3) is 0 Å². The highest BCUT2D eigenvalue weighted by Crippen LogP contribution is 2.26. The van der Waals surface area contributed by atoms with E-state index in [9.17, 15) is 4.79 Å². The average molecular weight is 366 g/mol. The first-order chi connectivity index (χ1) is 12.6. The van der Waals surface area contributed by atoms with Crippen molar-refractivity contribution >= 4 is 16.9 Å². The van der Waals surface area contributed by atoms with Gasteiger partial charge in [-0.25, -0.2) is 9.97 Å². The molecule has 0 atom stereocenters. The highest BCUT2D eigenvalue weighted by atomic mass is 32.2. The monoisotopic (exact) mass is 366 g/mol. The van der Waals surface area contributed by atoms with Crippen LogP contribution in [0.3, 0.4) is 0 Å². The third-order valence-electron chi connectivity index (χ3n) is 3.73. The molecule has 0 aliphatic heterocycles. The zero-order chi connectivity index (χ0) is 18.5. The number of rotatable bonds is 5. The first-order valence-electron chi connectivity index (χ1n) is 7.95. The van der Waals surface area contributed by atoms with E-state index in [0.29, 0.717) is 16.5 Å². The summed E-state index contributed by atoms with van der Waals surface area (Å²) >= 11 is 1.01. The summed E-state index contributed by atoms with van der Waals surface area (Å²) in [6.07, 6.45) is 0. The summed E-state index contributed by atoms with van der Waals surface area (Å²) in [5, 5.41) is 0.315. The predicted octanol–water partition coefficient (Wildman–Crippen LogP) is 4.40. The van der Waals surface area contributed by atoms with Crippen molar-refractivity contribution in [3.05, 3.63) is 65.9 Å². The Hall–Kier alpha value is -2.86. The van der Waals surface area contributed by atoms with Gasteiger partial charge < -0.3 is 9.47 Å². The van der Waals surface area contributed by atoms with Crippen LogP contribution in [0.5, 0.6) is 11.5 Å². The topological polar surface area (TPSA) is 61.3 Å². The molecule has 0 amide bonds. The molecule has 132 valence electrons. The number of benzene rings is 2. The van der Waals surface area contributed by atoms with Crippen LogP contribution in [-0.2, 0) is 0 Å². The molecule has 0 fully saturated rings. The Morgan fingerprint density at radius 2 is 1.46 bits per heavy atom. The molecule has 0 N–H and O–H groups in total. The minimum absolute atomic E-state index is 0.112. The van der Waals surface area contributed by atoms with Gasteiger partial charge in [-0.3, -0.25) is 4.79 Å². The zero-order valence-corrected chi connectivity index (χ0v) is 15.5. The zero-order valence-electron chi connectivity index (χ0n) is 14.7. The van der Waals surface area contributed by atoms with Crippen LogP contribution in [0, 0.1) is 6.92 Å². The number of hydrogen-bond acceptors (Lipinski definition) is 6. The second-order valence-corrected chi connectivity index (χ2v) is 6.46. The molecule has 0 aliphatic carbocycles. The number of methoxy groups -OCH3 is 2. The van der Waals surface area contributed by atoms with Crippen molar-refractivity contribution in [1.29, 1.82) is 0 Å². The largest absolute Gasteiger partial charge is 0.497 e. The number of hydrogen-bond donors (Lipinski definition) is 0. The number of carbonyl (C=O) groups excluding carboxylic acids is 1. The summed E-state index contributed by atoms with van der Waals surface area (Å²) in [5.41, 5.74) is 3.09. The molecular formula is C20H18N2O3S. The molecule has 0 aliphatic rings. The summed E-state index contributed by atoms with van der Waals surface area (Å²) in [6, 6.07) is 16.5. The van der Waals surface area contributed by atoms with Gasteiger partial charge in [0.2, 0.25) is 5.12 Å². The smallest absolute Gasteiger partial charge is 0.227 e. The van der Waals surface area contributed by atoms with E-state index < -0.39 is 0 Å². The lowest BCUT2D eigenvalue weighted by atomic mass is 10.1. The van der Waals surface area contributed by atoms with Gasteiger partial charge in [0.15, 0.2) is 5.16 Å². The van der Waals surface area contributed by atoms with Crippen LogP contribution in [0.1, 0.15) is 16.1 Å². The summed E-state index contributed by atoms with van der Waals surface area (Å²) in [7, 11) is 3.22. The summed E-state index contributed by atoms with van der Waals surface area (Å²) in [5.74, 6) is 1.49. The number of ether oxygens (including phenoxy) is 2. The molecule has 0 saturated carbocycles. The van der Waals surface area contributed by atoms with Crippen molar-refractivity contribution in [1.82, 2.24) is 9.97 Å². The van der Waals surface area contributed by atoms with Crippen LogP contribution in [-0.4, -0.2) is 29.3 Å². The highest BCUT2D eigenvalue weighted by Gasteiger charge is 2.13. The van der Waals surface area contributed by atoms with Crippen LogP contribution >= 0.6 is 11.8 Å². The Balaban J connectivity index is 1.83. The number of carbonyl (C=O) groups is 1. The summed E-state index contributed by atoms with van der Waals surface area (Å²) in [6.45, 7) is 1.89. The van der Waals surface area contributed by atoms with Gasteiger partial charge in [-0.15, -0.1) is 0 Å². The van der Waals surface area contributed by atoms with E-state index in [0.717, 1.165) is 34.5 Å². The third-order valence-corrected chi connectivity index (χ3v) is 4.52. The Bertz CT molecular complexity index is 909. The fourth-order valence-corrected chi connectivity index (χ4v) is 3.12. The fourth-order valence-electron chi connectivity index (χ4n) is 2.37. The lowest BCUT2D eigenvalue weighted by Crippen LogP contribution is -1.99. The molecule has 2 aromatic carbocycles. The quantitative estimate of drug-likeness (QED) is 0.493. The van der Waals surface area contributed by atoms with Gasteiger partial charge in [0, 0.05) is 16.8 Å². The molecule has 6 heteroatoms. The van der Waals surface area contributed by atoms with Gasteiger partial charge in [0.1, 0.15) is 11.5 Å². The molecule has 1 aromatic heterocycles. The van der Waals surface area contributed by atoms with Crippen molar-refractivity contribution in [3.8, 4) is 22.8 Å². The Morgan fingerprint density at radius 1 is 0.885 bits per heavy atom. The molecule has 1 heterocycles. The van der Waals surface area contributed by atoms with E-state index in [2.05, 4.69) is 9.97 Å². The Morgan fingerprint density at radius 3 is 2.04 bits per heavy atom. The number of nitrogens with zero attached hydrogens (tertiary/aromatic N) is 2. The van der Waals surface area contributed by atoms with Gasteiger partial charge in [0.05, 0.1) is 19.9 Å². The Labute approximate surface area is 156 Å². The van der Waals surface area contributed by atoms with E-state index >= 15 is 0 Å². The molecule has 0 saturated heterocycles. The maximum Gasteiger partial charge on any atom is 0.227 e. The van der Waals surface area contributed by atoms with Gasteiger partial charge in [-0.2, -0.15) is 0 Å². The van der Waals surface area contributed by atoms with Crippen molar-refractivity contribution in [2.75, 3.05) is 14.2 Å². The lowest BCUT2D eigenvalue weighted by Gasteiger charge is -2.07. The van der Waals surface area contributed by atoms with E-state index in [1.807, 2.05) is 37.3 Å². The molecule has 3 aromatic rings. The third kappa shape index (κ3) is 4.21. The number of aromatic nitrogens is 2. The maximum absolute atomic E-state index is 12.5. The van der Waals surface area contributed by atoms with Crippen LogP contribution in [0.15, 0.2) is 59.8 Å². The molecular weight excluding hydrogens is 348 g/mol. The van der Waals surface area contributed by atoms with Crippen LogP contribution in [0.2, 0.25) is 0 Å². The van der Waals surface area contributed by atoms with Crippen LogP contribution in [0.25, 0.3) is 11.3 Å². The van der Waals surface area contributed by atoms with Crippen molar-refractivity contribution < 1.29 is 14.3 Å². The highest BCUT2D eigenvalue weighted by molar-refractivity contribution is 8.14. The Kier molecular flexibility index (Phi) is 5.53. The molecule has 5 nitrogen and oxygen atoms in total. The maximum atomic E-state index is 12.5. The van der Waals surface area contributed by atoms with Gasteiger partial charge in [-0.05, 0) is 73.3 Å². The summed E-state index contributed by atoms with van der Waals surface area (Å²) in [4.78, 5) is 21.4. The average Bonchev–Trinajstić information content (AvgIpc) is 2.67.